The highest BCUT2D eigenvalue weighted by Gasteiger charge is 2.12. The molecule has 0 aliphatic heterocycles. The second-order valence-electron chi connectivity index (χ2n) is 5.84. The van der Waals surface area contributed by atoms with E-state index < -0.39 is 6.10 Å². The molecule has 0 saturated carbocycles. The molecule has 4 nitrogen and oxygen atoms in total. The van der Waals surface area contributed by atoms with Gasteiger partial charge in [-0.05, 0) is 33.8 Å². The van der Waals surface area contributed by atoms with Crippen LogP contribution in [0.1, 0.15) is 33.3 Å². The topological polar surface area (TPSA) is 50.7 Å². The third-order valence-electron chi connectivity index (χ3n) is 2.73. The van der Waals surface area contributed by atoms with Gasteiger partial charge in [0.1, 0.15) is 18.5 Å². The highest BCUT2D eigenvalue weighted by molar-refractivity contribution is 5.33. The average molecular weight is 281 g/mol. The van der Waals surface area contributed by atoms with Crippen LogP contribution < -0.4 is 10.1 Å². The summed E-state index contributed by atoms with van der Waals surface area (Å²) in [5.41, 5.74) is 1.15. The Kier molecular flexibility index (Phi) is 6.99. The Bertz CT molecular complexity index is 388. The summed E-state index contributed by atoms with van der Waals surface area (Å²) in [4.78, 5) is 0. The molecule has 0 heterocycles. The maximum Gasteiger partial charge on any atom is 0.123 e. The Morgan fingerprint density at radius 2 is 1.90 bits per heavy atom. The Hall–Kier alpha value is -1.10. The second kappa shape index (κ2) is 8.25. The first-order valence-corrected chi connectivity index (χ1v) is 7.14. The zero-order valence-corrected chi connectivity index (χ0v) is 13.0. The van der Waals surface area contributed by atoms with Crippen LogP contribution in [0.15, 0.2) is 24.3 Å². The van der Waals surface area contributed by atoms with Crippen molar-refractivity contribution in [1.82, 2.24) is 5.32 Å². The van der Waals surface area contributed by atoms with Crippen molar-refractivity contribution >= 4 is 0 Å². The van der Waals surface area contributed by atoms with Gasteiger partial charge in [0, 0.05) is 24.3 Å². The van der Waals surface area contributed by atoms with Gasteiger partial charge >= 0.3 is 0 Å². The lowest BCUT2D eigenvalue weighted by atomic mass is 10.1. The van der Waals surface area contributed by atoms with E-state index in [2.05, 4.69) is 26.1 Å². The fourth-order valence-corrected chi connectivity index (χ4v) is 1.64. The highest BCUT2D eigenvalue weighted by atomic mass is 16.5. The summed E-state index contributed by atoms with van der Waals surface area (Å²) in [5.74, 6) is 0.805. The quantitative estimate of drug-likeness (QED) is 0.768. The van der Waals surface area contributed by atoms with Gasteiger partial charge in [0.25, 0.3) is 0 Å². The molecule has 0 aromatic heterocycles. The van der Waals surface area contributed by atoms with Crippen LogP contribution in [0.4, 0.5) is 0 Å². The molecule has 0 spiro atoms. The molecule has 114 valence electrons. The van der Waals surface area contributed by atoms with Gasteiger partial charge in [0.2, 0.25) is 0 Å². The summed E-state index contributed by atoms with van der Waals surface area (Å²) in [6, 6.07) is 7.88. The minimum Gasteiger partial charge on any atom is -0.490 e. The number of rotatable bonds is 8. The number of ether oxygens (including phenoxy) is 2. The number of benzene rings is 1. The van der Waals surface area contributed by atoms with Crippen LogP contribution in [0, 0.1) is 0 Å². The first-order valence-electron chi connectivity index (χ1n) is 7.14. The molecule has 20 heavy (non-hydrogen) atoms. The minimum atomic E-state index is -0.599. The van der Waals surface area contributed by atoms with Crippen molar-refractivity contribution < 1.29 is 14.6 Å². The third kappa shape index (κ3) is 6.89. The third-order valence-corrected chi connectivity index (χ3v) is 2.73. The summed E-state index contributed by atoms with van der Waals surface area (Å²) < 4.78 is 10.9. The Labute approximate surface area is 122 Å². The second-order valence-corrected chi connectivity index (χ2v) is 5.84. The fraction of sp³-hybridized carbons (Fsp3) is 0.625. The van der Waals surface area contributed by atoms with E-state index in [0.29, 0.717) is 13.2 Å². The highest BCUT2D eigenvalue weighted by Crippen LogP contribution is 2.19. The first kappa shape index (κ1) is 17.0. The lowest BCUT2D eigenvalue weighted by molar-refractivity contribution is 0.0162. The van der Waals surface area contributed by atoms with Crippen LogP contribution in [-0.4, -0.2) is 36.6 Å². The molecule has 4 heteroatoms. The van der Waals surface area contributed by atoms with Gasteiger partial charge in [-0.2, -0.15) is 0 Å². The van der Waals surface area contributed by atoms with Crippen LogP contribution in [0.2, 0.25) is 0 Å². The average Bonchev–Trinajstić information content (AvgIpc) is 2.40. The molecule has 0 aliphatic carbocycles. The van der Waals surface area contributed by atoms with Crippen LogP contribution in [-0.2, 0) is 11.3 Å². The van der Waals surface area contributed by atoms with E-state index in [9.17, 15) is 5.11 Å². The van der Waals surface area contributed by atoms with E-state index in [1.165, 1.54) is 0 Å². The molecular formula is C16H27NO3. The van der Waals surface area contributed by atoms with E-state index in [4.69, 9.17) is 9.47 Å². The van der Waals surface area contributed by atoms with Crippen LogP contribution >= 0.6 is 0 Å². The zero-order valence-electron chi connectivity index (χ0n) is 13.0. The van der Waals surface area contributed by atoms with E-state index in [0.717, 1.165) is 17.9 Å². The summed E-state index contributed by atoms with van der Waals surface area (Å²) in [7, 11) is 0. The van der Waals surface area contributed by atoms with Gasteiger partial charge in [-0.3, -0.25) is 0 Å². The SMILES string of the molecule is CCOCC(O)COc1ccccc1CNC(C)(C)C. The Balaban J connectivity index is 2.52. The van der Waals surface area contributed by atoms with Crippen molar-refractivity contribution in [3.63, 3.8) is 0 Å². The van der Waals surface area contributed by atoms with Gasteiger partial charge in [-0.15, -0.1) is 0 Å². The van der Waals surface area contributed by atoms with Crippen LogP contribution in [0.3, 0.4) is 0 Å². The summed E-state index contributed by atoms with van der Waals surface area (Å²) in [6.07, 6.45) is -0.599. The molecular weight excluding hydrogens is 254 g/mol. The van der Waals surface area contributed by atoms with E-state index >= 15 is 0 Å². The predicted molar refractivity (Wildman–Crippen MR) is 81.0 cm³/mol. The number of hydrogen-bond donors (Lipinski definition) is 2. The van der Waals surface area contributed by atoms with E-state index in [1.54, 1.807) is 0 Å². The normalized spacial score (nSPS) is 13.2. The van der Waals surface area contributed by atoms with Crippen molar-refractivity contribution in [2.45, 2.75) is 45.9 Å². The smallest absolute Gasteiger partial charge is 0.123 e. The molecule has 0 bridgehead atoms. The molecule has 0 radical (unpaired) electrons. The monoisotopic (exact) mass is 281 g/mol. The van der Waals surface area contributed by atoms with Gasteiger partial charge in [0.15, 0.2) is 0 Å². The number of aliphatic hydroxyl groups excluding tert-OH is 1. The van der Waals surface area contributed by atoms with Crippen molar-refractivity contribution in [3.8, 4) is 5.75 Å². The molecule has 1 aromatic carbocycles. The van der Waals surface area contributed by atoms with Crippen molar-refractivity contribution in [2.24, 2.45) is 0 Å². The van der Waals surface area contributed by atoms with E-state index in [1.807, 2.05) is 31.2 Å². The molecule has 1 aromatic rings. The Morgan fingerprint density at radius 1 is 1.20 bits per heavy atom. The summed E-state index contributed by atoms with van der Waals surface area (Å²) in [6.45, 7) is 10.2. The lowest BCUT2D eigenvalue weighted by Crippen LogP contribution is -2.35. The molecule has 1 rings (SSSR count). The molecule has 1 atom stereocenters. The number of aliphatic hydroxyl groups is 1. The van der Waals surface area contributed by atoms with Gasteiger partial charge < -0.3 is 19.9 Å². The fourth-order valence-electron chi connectivity index (χ4n) is 1.64. The summed E-state index contributed by atoms with van der Waals surface area (Å²) in [5, 5.41) is 13.2. The molecule has 0 saturated heterocycles. The lowest BCUT2D eigenvalue weighted by Gasteiger charge is -2.22. The maximum atomic E-state index is 9.73. The molecule has 1 unspecified atom stereocenters. The standard InChI is InChI=1S/C16H27NO3/c1-5-19-11-14(18)12-20-15-9-7-6-8-13(15)10-17-16(2,3)4/h6-9,14,17-18H,5,10-12H2,1-4H3. The molecule has 0 aliphatic rings. The molecule has 2 N–H and O–H groups in total. The van der Waals surface area contributed by atoms with Crippen molar-refractivity contribution in [1.29, 1.82) is 0 Å². The molecule has 0 fully saturated rings. The van der Waals surface area contributed by atoms with Gasteiger partial charge in [-0.1, -0.05) is 18.2 Å². The zero-order chi connectivity index (χ0) is 15.0. The van der Waals surface area contributed by atoms with E-state index in [-0.39, 0.29) is 12.1 Å². The minimum absolute atomic E-state index is 0.0571. The van der Waals surface area contributed by atoms with Crippen LogP contribution in [0.5, 0.6) is 5.75 Å². The number of hydrogen-bond acceptors (Lipinski definition) is 4. The summed E-state index contributed by atoms with van der Waals surface area (Å²) >= 11 is 0. The van der Waals surface area contributed by atoms with Crippen LogP contribution in [0.25, 0.3) is 0 Å². The molecule has 0 amide bonds. The van der Waals surface area contributed by atoms with Crippen molar-refractivity contribution in [2.75, 3.05) is 19.8 Å². The number of nitrogens with one attached hydrogen (secondary N) is 1. The van der Waals surface area contributed by atoms with Gasteiger partial charge in [-0.25, -0.2) is 0 Å². The largest absolute Gasteiger partial charge is 0.490 e. The predicted octanol–water partition coefficient (Wildman–Crippen LogP) is 2.35. The van der Waals surface area contributed by atoms with Crippen molar-refractivity contribution in [3.05, 3.63) is 29.8 Å². The maximum absolute atomic E-state index is 9.73. The number of para-hydroxylation sites is 1. The first-order chi connectivity index (χ1) is 9.42. The van der Waals surface area contributed by atoms with Gasteiger partial charge in [0.05, 0.1) is 6.61 Å². The Morgan fingerprint density at radius 3 is 2.55 bits per heavy atom.